The monoisotopic (exact) mass is 246 g/mol. The summed E-state index contributed by atoms with van der Waals surface area (Å²) in [6, 6.07) is 7.92. The lowest BCUT2D eigenvalue weighted by atomic mass is 10.1. The van der Waals surface area contributed by atoms with Crippen LogP contribution in [-0.4, -0.2) is 13.1 Å². The fourth-order valence-corrected chi connectivity index (χ4v) is 2.62. The van der Waals surface area contributed by atoms with Gasteiger partial charge < -0.3 is 15.1 Å². The van der Waals surface area contributed by atoms with E-state index in [1.54, 1.807) is 0 Å². The molecule has 1 fully saturated rings. The van der Waals surface area contributed by atoms with Crippen molar-refractivity contribution in [2.45, 2.75) is 12.8 Å². The minimum Gasteiger partial charge on any atom is -0.443 e. The van der Waals surface area contributed by atoms with Crippen LogP contribution >= 0.6 is 12.2 Å². The number of nitrogen functional groups attached to an aromatic ring is 1. The molecule has 1 saturated heterocycles. The van der Waals surface area contributed by atoms with Gasteiger partial charge in [-0.05, 0) is 37.2 Å². The van der Waals surface area contributed by atoms with Crippen molar-refractivity contribution < 1.29 is 4.42 Å². The maximum absolute atomic E-state index is 6.09. The summed E-state index contributed by atoms with van der Waals surface area (Å²) in [5.74, 6) is 0. The fraction of sp³-hybridized carbons (Fsp3) is 0.308. The van der Waals surface area contributed by atoms with Gasteiger partial charge in [0, 0.05) is 18.5 Å². The molecule has 0 unspecified atom stereocenters. The highest BCUT2D eigenvalue weighted by atomic mass is 32.1. The Morgan fingerprint density at radius 2 is 1.88 bits per heavy atom. The van der Waals surface area contributed by atoms with Gasteiger partial charge in [0.05, 0.1) is 5.69 Å². The largest absolute Gasteiger partial charge is 0.443 e. The van der Waals surface area contributed by atoms with Gasteiger partial charge in [-0.3, -0.25) is 0 Å². The van der Waals surface area contributed by atoms with Gasteiger partial charge in [-0.1, -0.05) is 12.1 Å². The van der Waals surface area contributed by atoms with Crippen molar-refractivity contribution in [2.75, 3.05) is 23.7 Å². The third-order valence-electron chi connectivity index (χ3n) is 3.24. The molecule has 4 heteroatoms. The van der Waals surface area contributed by atoms with Crippen LogP contribution in [0.25, 0.3) is 11.0 Å². The van der Waals surface area contributed by atoms with Gasteiger partial charge in [-0.2, -0.15) is 0 Å². The Bertz CT molecular complexity index is 614. The van der Waals surface area contributed by atoms with Gasteiger partial charge in [-0.15, -0.1) is 0 Å². The predicted octanol–water partition coefficient (Wildman–Crippen LogP) is 3.34. The van der Waals surface area contributed by atoms with Crippen LogP contribution in [0.3, 0.4) is 0 Å². The first kappa shape index (κ1) is 10.6. The first-order valence-electron chi connectivity index (χ1n) is 5.83. The molecule has 2 heterocycles. The zero-order valence-corrected chi connectivity index (χ0v) is 10.3. The number of para-hydroxylation sites is 1. The SMILES string of the molecule is Nc1c(N2CCCC2)c2ccccc2oc1=S. The lowest BCUT2D eigenvalue weighted by molar-refractivity contribution is 0.589. The smallest absolute Gasteiger partial charge is 0.215 e. The second-order valence-corrected chi connectivity index (χ2v) is 4.71. The number of hydrogen-bond donors (Lipinski definition) is 1. The molecule has 88 valence electrons. The second-order valence-electron chi connectivity index (χ2n) is 4.34. The van der Waals surface area contributed by atoms with Crippen LogP contribution < -0.4 is 10.6 Å². The van der Waals surface area contributed by atoms with E-state index in [9.17, 15) is 0 Å². The molecule has 1 aromatic heterocycles. The molecule has 2 N–H and O–H groups in total. The van der Waals surface area contributed by atoms with Crippen LogP contribution in [0.15, 0.2) is 28.7 Å². The van der Waals surface area contributed by atoms with Crippen molar-refractivity contribution in [3.05, 3.63) is 29.0 Å². The fourth-order valence-electron chi connectivity index (χ4n) is 2.43. The maximum Gasteiger partial charge on any atom is 0.215 e. The zero-order valence-electron chi connectivity index (χ0n) is 9.48. The van der Waals surface area contributed by atoms with E-state index >= 15 is 0 Å². The molecule has 17 heavy (non-hydrogen) atoms. The van der Waals surface area contributed by atoms with Crippen molar-refractivity contribution >= 4 is 34.6 Å². The van der Waals surface area contributed by atoms with Gasteiger partial charge in [0.1, 0.15) is 11.3 Å². The Balaban J connectivity index is 2.32. The van der Waals surface area contributed by atoms with Gasteiger partial charge in [0.25, 0.3) is 0 Å². The van der Waals surface area contributed by atoms with E-state index in [-0.39, 0.29) is 0 Å². The Morgan fingerprint density at radius 3 is 2.65 bits per heavy atom. The summed E-state index contributed by atoms with van der Waals surface area (Å²) in [6.45, 7) is 2.10. The molecule has 1 aliphatic rings. The average Bonchev–Trinajstić information content (AvgIpc) is 2.84. The lowest BCUT2D eigenvalue weighted by Gasteiger charge is -2.21. The molecule has 0 atom stereocenters. The molecule has 0 spiro atoms. The summed E-state index contributed by atoms with van der Waals surface area (Å²) in [5, 5.41) is 1.06. The molecule has 2 aromatic rings. The highest BCUT2D eigenvalue weighted by molar-refractivity contribution is 7.71. The van der Waals surface area contributed by atoms with Crippen LogP contribution in [0.5, 0.6) is 0 Å². The van der Waals surface area contributed by atoms with Crippen molar-refractivity contribution in [1.82, 2.24) is 0 Å². The molecule has 0 saturated carbocycles. The molecule has 1 aromatic carbocycles. The van der Waals surface area contributed by atoms with Crippen LogP contribution in [0.2, 0.25) is 0 Å². The van der Waals surface area contributed by atoms with Gasteiger partial charge in [0.15, 0.2) is 0 Å². The number of anilines is 2. The quantitative estimate of drug-likeness (QED) is 0.784. The first-order chi connectivity index (χ1) is 8.27. The number of nitrogens with two attached hydrogens (primary N) is 1. The van der Waals surface area contributed by atoms with Crippen LogP contribution in [-0.2, 0) is 0 Å². The van der Waals surface area contributed by atoms with E-state index < -0.39 is 0 Å². The highest BCUT2D eigenvalue weighted by Gasteiger charge is 2.19. The predicted molar refractivity (Wildman–Crippen MR) is 72.9 cm³/mol. The third-order valence-corrected chi connectivity index (χ3v) is 3.55. The summed E-state index contributed by atoms with van der Waals surface area (Å²) in [6.07, 6.45) is 2.43. The topological polar surface area (TPSA) is 42.4 Å². The van der Waals surface area contributed by atoms with Crippen molar-refractivity contribution in [3.8, 4) is 0 Å². The van der Waals surface area contributed by atoms with E-state index in [0.29, 0.717) is 10.4 Å². The lowest BCUT2D eigenvalue weighted by Crippen LogP contribution is -2.19. The standard InChI is InChI=1S/C13H14N2OS/c14-11-12(15-7-3-4-8-15)9-5-1-2-6-10(9)16-13(11)17/h1-2,5-6H,3-4,7-8,14H2. The zero-order chi connectivity index (χ0) is 11.8. The Labute approximate surface area is 105 Å². The number of fused-ring (bicyclic) bond motifs is 1. The Kier molecular flexibility index (Phi) is 2.52. The van der Waals surface area contributed by atoms with Gasteiger partial charge in [0.2, 0.25) is 4.71 Å². The second kappa shape index (κ2) is 4.04. The molecule has 3 nitrogen and oxygen atoms in total. The number of benzene rings is 1. The maximum atomic E-state index is 6.09. The Hall–Kier alpha value is -1.55. The molecule has 1 aliphatic heterocycles. The number of hydrogen-bond acceptors (Lipinski definition) is 4. The molecule has 0 aliphatic carbocycles. The Morgan fingerprint density at radius 1 is 1.18 bits per heavy atom. The summed E-state index contributed by atoms with van der Waals surface area (Å²) < 4.78 is 5.95. The molecule has 0 bridgehead atoms. The highest BCUT2D eigenvalue weighted by Crippen LogP contribution is 2.35. The average molecular weight is 246 g/mol. The minimum absolute atomic E-state index is 0.394. The van der Waals surface area contributed by atoms with Crippen molar-refractivity contribution in [2.24, 2.45) is 0 Å². The van der Waals surface area contributed by atoms with Gasteiger partial charge in [-0.25, -0.2) is 0 Å². The summed E-state index contributed by atoms with van der Waals surface area (Å²) >= 11 is 5.19. The van der Waals surface area contributed by atoms with Crippen LogP contribution in [0, 0.1) is 4.71 Å². The van der Waals surface area contributed by atoms with E-state index in [4.69, 9.17) is 22.4 Å². The molecular formula is C13H14N2OS. The summed E-state index contributed by atoms with van der Waals surface area (Å²) in [7, 11) is 0. The van der Waals surface area contributed by atoms with Crippen molar-refractivity contribution in [1.29, 1.82) is 0 Å². The first-order valence-corrected chi connectivity index (χ1v) is 6.24. The van der Waals surface area contributed by atoms with Crippen molar-refractivity contribution in [3.63, 3.8) is 0 Å². The third kappa shape index (κ3) is 1.69. The van der Waals surface area contributed by atoms with Crippen LogP contribution in [0.4, 0.5) is 11.4 Å². The summed E-state index contributed by atoms with van der Waals surface area (Å²) in [4.78, 5) is 2.31. The molecule has 0 amide bonds. The number of rotatable bonds is 1. The molecule has 3 rings (SSSR count). The summed E-state index contributed by atoms with van der Waals surface area (Å²) in [5.41, 5.74) is 8.55. The van der Waals surface area contributed by atoms with E-state index in [1.165, 1.54) is 12.8 Å². The normalized spacial score (nSPS) is 15.6. The van der Waals surface area contributed by atoms with Gasteiger partial charge >= 0.3 is 0 Å². The molecular weight excluding hydrogens is 232 g/mol. The van der Waals surface area contributed by atoms with E-state index in [0.717, 1.165) is 29.7 Å². The van der Waals surface area contributed by atoms with E-state index in [1.807, 2.05) is 24.3 Å². The number of nitrogens with zero attached hydrogens (tertiary/aromatic N) is 1. The van der Waals surface area contributed by atoms with Crippen LogP contribution in [0.1, 0.15) is 12.8 Å². The minimum atomic E-state index is 0.394. The molecule has 0 radical (unpaired) electrons. The van der Waals surface area contributed by atoms with E-state index in [2.05, 4.69) is 4.90 Å².